The molecule has 3 aliphatic carbocycles. The first-order valence-electron chi connectivity index (χ1n) is 24.2. The van der Waals surface area contributed by atoms with Crippen LogP contribution in [0.25, 0.3) is 4.65 Å². The summed E-state index contributed by atoms with van der Waals surface area (Å²) in [6.45, 7) is 27.7. The van der Waals surface area contributed by atoms with Crippen LogP contribution in [0.1, 0.15) is 162 Å². The van der Waals surface area contributed by atoms with Crippen molar-refractivity contribution in [1.82, 2.24) is 10.2 Å². The van der Waals surface area contributed by atoms with Gasteiger partial charge in [-0.05, 0) is 76.7 Å². The largest absolute Gasteiger partial charge is 1.00 e. The predicted molar refractivity (Wildman–Crippen MR) is 255 cm³/mol. The van der Waals surface area contributed by atoms with Gasteiger partial charge < -0.3 is 19.4 Å². The Kier molecular flexibility index (Phi) is 28.2. The number of fused-ring (bicyclic) bond motifs is 2. The van der Waals surface area contributed by atoms with Gasteiger partial charge >= 0.3 is 30.8 Å². The second-order valence-electron chi connectivity index (χ2n) is 20.4. The van der Waals surface area contributed by atoms with Crippen molar-refractivity contribution in [2.45, 2.75) is 213 Å². The molecule has 0 aromatic carbocycles. The van der Waals surface area contributed by atoms with Crippen LogP contribution in [0, 0.1) is 23.7 Å². The number of carbonyl (C=O) groups is 6. The fourth-order valence-corrected chi connectivity index (χ4v) is 17.3. The summed E-state index contributed by atoms with van der Waals surface area (Å²) in [5.74, 6) is -0.393. The average Bonchev–Trinajstić information content (AvgIpc) is 3.75. The summed E-state index contributed by atoms with van der Waals surface area (Å²) < 4.78 is 14.0. The van der Waals surface area contributed by atoms with Crippen LogP contribution in [0.5, 0.6) is 0 Å². The Bertz CT molecular complexity index is 1470. The Labute approximate surface area is 396 Å². The summed E-state index contributed by atoms with van der Waals surface area (Å²) in [4.78, 5) is 72.2. The minimum Gasteiger partial charge on any atom is -0.668 e. The van der Waals surface area contributed by atoms with Gasteiger partial charge in [-0.1, -0.05) is 153 Å². The van der Waals surface area contributed by atoms with Crippen molar-refractivity contribution >= 4 is 51.9 Å². The Balaban J connectivity index is 0.000000454. The molecule has 3 aliphatic heterocycles. The summed E-state index contributed by atoms with van der Waals surface area (Å²) in [7, 11) is -2.21. The number of ether oxygens (including phenoxy) is 2. The molecule has 11 nitrogen and oxygen atoms in total. The molecule has 3 amide bonds. The van der Waals surface area contributed by atoms with Crippen LogP contribution in [-0.4, -0.2) is 82.1 Å². The number of likely N-dealkylation sites (tertiary alicyclic amines) is 1. The number of esters is 2. The molecule has 1 N–H and O–H groups in total. The zero-order chi connectivity index (χ0) is 46.5. The van der Waals surface area contributed by atoms with Gasteiger partial charge in [-0.15, -0.1) is 0 Å². The Morgan fingerprint density at radius 1 is 0.698 bits per heavy atom. The van der Waals surface area contributed by atoms with Gasteiger partial charge in [-0.25, -0.2) is 4.79 Å². The second kappa shape index (κ2) is 30.2. The van der Waals surface area contributed by atoms with Crippen molar-refractivity contribution in [1.29, 1.82) is 0 Å². The molecular formula is C49H86LiN3O8Si2. The number of nitrogens with one attached hydrogen (secondary N) is 1. The predicted octanol–water partition coefficient (Wildman–Crippen LogP) is 8.14. The van der Waals surface area contributed by atoms with Gasteiger partial charge in [0.15, 0.2) is 5.78 Å². The van der Waals surface area contributed by atoms with E-state index < -0.39 is 28.4 Å². The zero-order valence-electron chi connectivity index (χ0n) is 41.5. The van der Waals surface area contributed by atoms with E-state index >= 15 is 0 Å². The van der Waals surface area contributed by atoms with Gasteiger partial charge in [-0.3, -0.25) is 28.9 Å². The second-order valence-corrected chi connectivity index (χ2v) is 29.9. The van der Waals surface area contributed by atoms with Crippen molar-refractivity contribution in [3.63, 3.8) is 0 Å². The third kappa shape index (κ3) is 22.7. The van der Waals surface area contributed by atoms with E-state index in [1.165, 1.54) is 71.1 Å². The smallest absolute Gasteiger partial charge is 0.668 e. The minimum absolute atomic E-state index is 0. The van der Waals surface area contributed by atoms with Crippen molar-refractivity contribution < 1.29 is 57.1 Å². The van der Waals surface area contributed by atoms with Crippen molar-refractivity contribution in [3.8, 4) is 0 Å². The number of allylic oxidation sites excluding steroid dienone is 1. The molecular weight excluding hydrogens is 822 g/mol. The molecule has 0 aromatic heterocycles. The van der Waals surface area contributed by atoms with Gasteiger partial charge in [0, 0.05) is 43.6 Å². The molecule has 0 aromatic rings. The van der Waals surface area contributed by atoms with Crippen LogP contribution < -0.4 is 24.2 Å². The molecule has 6 rings (SSSR count). The molecule has 63 heavy (non-hydrogen) atoms. The van der Waals surface area contributed by atoms with Crippen LogP contribution >= 0.6 is 0 Å². The number of amides is 3. The van der Waals surface area contributed by atoms with Crippen molar-refractivity contribution in [3.05, 3.63) is 29.0 Å². The Morgan fingerprint density at radius 2 is 1.19 bits per heavy atom. The van der Waals surface area contributed by atoms with Gasteiger partial charge in [-0.2, -0.15) is 0 Å². The number of carbonyl (C=O) groups excluding carboxylic acids is 6. The molecule has 0 unspecified atom stereocenters. The fraction of sp³-hybridized carbons (Fsp3) is 0.796. The number of hydrogen-bond acceptors (Lipinski definition) is 8. The number of rotatable bonds is 8. The maximum atomic E-state index is 13.4. The van der Waals surface area contributed by atoms with Crippen LogP contribution in [0.15, 0.2) is 24.3 Å². The van der Waals surface area contributed by atoms with Gasteiger partial charge in [0.05, 0.1) is 17.9 Å². The monoisotopic (exact) mass is 908 g/mol. The molecule has 6 atom stereocenters. The van der Waals surface area contributed by atoms with Crippen LogP contribution in [0.2, 0.25) is 39.3 Å². The number of nitrogens with zero attached hydrogens (tertiary/aromatic N) is 2. The van der Waals surface area contributed by atoms with E-state index in [2.05, 4.69) is 62.5 Å². The number of ketones is 1. The molecule has 3 heterocycles. The number of β-lactam (4-membered cyclic amide) rings is 2. The molecule has 0 bridgehead atoms. The van der Waals surface area contributed by atoms with E-state index in [0.29, 0.717) is 29.9 Å². The average molecular weight is 908 g/mol. The van der Waals surface area contributed by atoms with Crippen LogP contribution in [0.3, 0.4) is 0 Å². The molecule has 6 fully saturated rings. The maximum Gasteiger partial charge on any atom is 1.00 e. The first-order chi connectivity index (χ1) is 29.2. The van der Waals surface area contributed by atoms with E-state index in [9.17, 15) is 28.8 Å². The van der Waals surface area contributed by atoms with Gasteiger partial charge in [0.1, 0.15) is 0 Å². The Morgan fingerprint density at radius 3 is 1.63 bits per heavy atom. The fourth-order valence-electron chi connectivity index (χ4n) is 9.26. The standard InChI is InChI=1S/C23H35NO3.C9H15NO.C7H10O3.C6H18NSi2.C4H8O.Li/c1-16(2)21(25)15-17-11-7-3-4-8-12-18(17)22(26)24-20-14-10-6-5-9-13-19(20)23(24)27;11-9-7-5-3-1-2-4-6-8(7)10-9;1-4-6(8)10-7(9)5(2)3;1-8(2,3)7-9(4,5)6;1-2-4-5-3-1;/h17-20H,1,3-15H2,2H3;7-8H,1-6H2,(H,10,11);2,4H2,1,3H3;1-6H3;1-4H2;/q;;;-1;;+1/t17-,18-,19-,20+;7-,8+;;;;/m11..../s1. The van der Waals surface area contributed by atoms with Gasteiger partial charge in [0.2, 0.25) is 17.7 Å². The topological polar surface area (TPSA) is 150 Å². The zero-order valence-corrected chi connectivity index (χ0v) is 43.5. The number of imide groups is 1. The summed E-state index contributed by atoms with van der Waals surface area (Å²) >= 11 is 0. The molecule has 6 aliphatic rings. The van der Waals surface area contributed by atoms with E-state index in [1.807, 2.05) is 0 Å². The summed E-state index contributed by atoms with van der Waals surface area (Å²) in [5, 5.41) is 2.97. The maximum absolute atomic E-state index is 13.4. The molecule has 354 valence electrons. The summed E-state index contributed by atoms with van der Waals surface area (Å²) in [5.41, 5.74) is 0.810. The van der Waals surface area contributed by atoms with Gasteiger partial charge in [0.25, 0.3) is 0 Å². The number of Topliss-reactive ketones (excluding diaryl/α,β-unsaturated/α-hetero) is 1. The molecule has 0 spiro atoms. The molecule has 14 heteroatoms. The van der Waals surface area contributed by atoms with E-state index in [-0.39, 0.29) is 72.2 Å². The van der Waals surface area contributed by atoms with E-state index in [1.54, 1.807) is 18.7 Å². The molecule has 3 saturated carbocycles. The molecule has 0 radical (unpaired) electrons. The van der Waals surface area contributed by atoms with Crippen molar-refractivity contribution in [2.75, 3.05) is 13.2 Å². The Hall–Kier alpha value is -2.15. The summed E-state index contributed by atoms with van der Waals surface area (Å²) in [6.07, 6.45) is 23.4. The SMILES string of the molecule is C1CCOC1.C=C(C)C(=O)C[C@H]1CCCCCC[C@H]1C(=O)N1C(=O)[C@@H]2CCCCCC[C@@H]21.C=C(C)C(=O)OC(=O)CC.C[Si](C)(C)[N-][Si](C)(C)C.O=C1N[C@H]2CCCCCC[C@@H]12.[Li+]. The first-order valence-corrected chi connectivity index (χ1v) is 31.1. The van der Waals surface area contributed by atoms with Crippen LogP contribution in [0.4, 0.5) is 0 Å². The molecule has 3 saturated heterocycles. The van der Waals surface area contributed by atoms with E-state index in [4.69, 9.17) is 9.38 Å². The van der Waals surface area contributed by atoms with Crippen LogP contribution in [-0.2, 0) is 38.2 Å². The minimum atomic E-state index is -1.11. The van der Waals surface area contributed by atoms with Crippen molar-refractivity contribution in [2.24, 2.45) is 23.7 Å². The normalized spacial score (nSPS) is 25.6. The number of hydrogen-bond donors (Lipinski definition) is 1. The first kappa shape index (κ1) is 58.9. The third-order valence-corrected chi connectivity index (χ3v) is 17.6. The van der Waals surface area contributed by atoms with E-state index in [0.717, 1.165) is 77.4 Å². The third-order valence-electron chi connectivity index (χ3n) is 12.3. The summed E-state index contributed by atoms with van der Waals surface area (Å²) in [6, 6.07) is 0.663. The quantitative estimate of drug-likeness (QED) is 0.0641.